The van der Waals surface area contributed by atoms with E-state index >= 15 is 0 Å². The summed E-state index contributed by atoms with van der Waals surface area (Å²) in [5.41, 5.74) is 1.74. The van der Waals surface area contributed by atoms with Crippen LogP contribution in [-0.4, -0.2) is 71.8 Å². The lowest BCUT2D eigenvalue weighted by atomic mass is 10.0. The van der Waals surface area contributed by atoms with Crippen molar-refractivity contribution in [2.45, 2.75) is 6.04 Å². The minimum absolute atomic E-state index is 0.0375. The number of carbonyl (C=O) groups is 1. The molecule has 1 amide bonds. The molecule has 0 unspecified atom stereocenters. The van der Waals surface area contributed by atoms with Gasteiger partial charge < -0.3 is 10.1 Å². The second kappa shape index (κ2) is 10.5. The number of nitrogens with zero attached hydrogens (tertiary/aromatic N) is 2. The Morgan fingerprint density at radius 3 is 2.31 bits per heavy atom. The summed E-state index contributed by atoms with van der Waals surface area (Å²) in [5.74, 6) is 1.41. The number of amides is 1. The van der Waals surface area contributed by atoms with E-state index in [1.54, 1.807) is 13.4 Å². The number of carbonyl (C=O) groups excluding carboxylic acids is 1. The van der Waals surface area contributed by atoms with E-state index in [0.717, 1.165) is 49.7 Å². The molecule has 2 aromatic carbocycles. The molecule has 0 aliphatic carbocycles. The van der Waals surface area contributed by atoms with E-state index in [4.69, 9.17) is 4.74 Å². The molecule has 1 N–H and O–H groups in total. The number of benzene rings is 2. The van der Waals surface area contributed by atoms with Crippen molar-refractivity contribution in [3.8, 4) is 5.75 Å². The Morgan fingerprint density at radius 1 is 1.07 bits per heavy atom. The van der Waals surface area contributed by atoms with Gasteiger partial charge in [-0.3, -0.25) is 18.8 Å². The van der Waals surface area contributed by atoms with Crippen molar-refractivity contribution >= 4 is 22.4 Å². The molecule has 3 rings (SSSR count). The van der Waals surface area contributed by atoms with Crippen LogP contribution < -0.4 is 10.1 Å². The van der Waals surface area contributed by atoms with Crippen molar-refractivity contribution in [1.82, 2.24) is 9.80 Å². The highest BCUT2D eigenvalue weighted by Gasteiger charge is 2.30. The quantitative estimate of drug-likeness (QED) is 0.717. The zero-order valence-electron chi connectivity index (χ0n) is 17.0. The molecular formula is C22H29N3O3S. The Balaban J connectivity index is 1.70. The molecule has 7 heteroatoms. The molecule has 1 fully saturated rings. The van der Waals surface area contributed by atoms with Gasteiger partial charge in [-0.1, -0.05) is 30.3 Å². The Hall–Kier alpha value is -2.22. The molecule has 2 aromatic rings. The topological polar surface area (TPSA) is 61.9 Å². The maximum atomic E-state index is 13.2. The van der Waals surface area contributed by atoms with Crippen LogP contribution in [0.1, 0.15) is 11.6 Å². The van der Waals surface area contributed by atoms with Crippen molar-refractivity contribution in [3.05, 3.63) is 60.2 Å². The van der Waals surface area contributed by atoms with Gasteiger partial charge >= 0.3 is 0 Å². The Morgan fingerprint density at radius 2 is 1.72 bits per heavy atom. The number of hydrogen-bond donors (Lipinski definition) is 1. The highest BCUT2D eigenvalue weighted by molar-refractivity contribution is 7.84. The first-order chi connectivity index (χ1) is 14.1. The summed E-state index contributed by atoms with van der Waals surface area (Å²) in [5, 5.41) is 3.05. The third-order valence-corrected chi connectivity index (χ3v) is 5.95. The van der Waals surface area contributed by atoms with Crippen molar-refractivity contribution in [3.63, 3.8) is 0 Å². The normalized spacial score (nSPS) is 17.4. The summed E-state index contributed by atoms with van der Waals surface area (Å²) in [6, 6.07) is 16.9. The summed E-state index contributed by atoms with van der Waals surface area (Å²) in [6.45, 7) is 4.18. The third kappa shape index (κ3) is 6.13. The summed E-state index contributed by atoms with van der Waals surface area (Å²) >= 11 is 0. The van der Waals surface area contributed by atoms with Crippen LogP contribution in [0, 0.1) is 0 Å². The number of ether oxygens (including phenoxy) is 1. The number of rotatable bonds is 8. The molecule has 1 aliphatic heterocycles. The van der Waals surface area contributed by atoms with Crippen LogP contribution in [0.5, 0.6) is 5.75 Å². The number of methoxy groups -OCH3 is 1. The lowest BCUT2D eigenvalue weighted by Gasteiger charge is -2.38. The molecular weight excluding hydrogens is 386 g/mol. The highest BCUT2D eigenvalue weighted by Crippen LogP contribution is 2.25. The highest BCUT2D eigenvalue weighted by atomic mass is 32.2. The standard InChI is InChI=1S/C22H29N3O3S/c1-28-20-10-8-19(9-11-20)23-22(26)21(18-6-4-3-5-7-18)25-14-12-24(13-15-25)16-17-29(2)27/h3-11,21H,12-17H2,1-2H3,(H,23,26)/t21-,29-/m1/s1. The van der Waals surface area contributed by atoms with Gasteiger partial charge in [0.1, 0.15) is 11.8 Å². The van der Waals surface area contributed by atoms with Crippen LogP contribution in [0.2, 0.25) is 0 Å². The predicted octanol–water partition coefficient (Wildman–Crippen LogP) is 2.37. The maximum Gasteiger partial charge on any atom is 0.246 e. The van der Waals surface area contributed by atoms with E-state index < -0.39 is 10.8 Å². The maximum absolute atomic E-state index is 13.2. The molecule has 6 nitrogen and oxygen atoms in total. The first-order valence-electron chi connectivity index (χ1n) is 9.83. The molecule has 0 radical (unpaired) electrons. The summed E-state index contributed by atoms with van der Waals surface area (Å²) < 4.78 is 16.5. The summed E-state index contributed by atoms with van der Waals surface area (Å²) in [6.07, 6.45) is 1.74. The zero-order chi connectivity index (χ0) is 20.6. The van der Waals surface area contributed by atoms with E-state index in [9.17, 15) is 9.00 Å². The molecule has 1 heterocycles. The SMILES string of the molecule is COc1ccc(NC(=O)[C@@H](c2ccccc2)N2CCN(CC[S@@](C)=O)CC2)cc1. The van der Waals surface area contributed by atoms with Gasteiger partial charge in [0, 0.05) is 61.2 Å². The monoisotopic (exact) mass is 415 g/mol. The smallest absolute Gasteiger partial charge is 0.246 e. The molecule has 1 saturated heterocycles. The molecule has 0 spiro atoms. The van der Waals surface area contributed by atoms with Gasteiger partial charge in [-0.2, -0.15) is 0 Å². The number of anilines is 1. The van der Waals surface area contributed by atoms with Crippen LogP contribution in [-0.2, 0) is 15.6 Å². The van der Waals surface area contributed by atoms with Crippen molar-refractivity contribution in [1.29, 1.82) is 0 Å². The Bertz CT molecular complexity index is 806. The van der Waals surface area contributed by atoms with E-state index in [2.05, 4.69) is 15.1 Å². The first-order valence-corrected chi connectivity index (χ1v) is 11.6. The first kappa shape index (κ1) is 21.5. The molecule has 156 valence electrons. The lowest BCUT2D eigenvalue weighted by molar-refractivity contribution is -0.122. The van der Waals surface area contributed by atoms with E-state index in [1.807, 2.05) is 54.6 Å². The molecule has 0 bridgehead atoms. The minimum atomic E-state index is -0.775. The number of nitrogens with one attached hydrogen (secondary N) is 1. The van der Waals surface area contributed by atoms with Gasteiger partial charge in [-0.15, -0.1) is 0 Å². The molecule has 0 aromatic heterocycles. The minimum Gasteiger partial charge on any atom is -0.497 e. The van der Waals surface area contributed by atoms with Crippen LogP contribution in [0.25, 0.3) is 0 Å². The van der Waals surface area contributed by atoms with Crippen LogP contribution in [0.15, 0.2) is 54.6 Å². The molecule has 29 heavy (non-hydrogen) atoms. The lowest BCUT2D eigenvalue weighted by Crippen LogP contribution is -2.50. The average molecular weight is 416 g/mol. The predicted molar refractivity (Wildman–Crippen MR) is 118 cm³/mol. The second-order valence-corrected chi connectivity index (χ2v) is 8.74. The van der Waals surface area contributed by atoms with Gasteiger partial charge in [-0.25, -0.2) is 0 Å². The van der Waals surface area contributed by atoms with Gasteiger partial charge in [0.2, 0.25) is 5.91 Å². The molecule has 1 aliphatic rings. The zero-order valence-corrected chi connectivity index (χ0v) is 17.9. The van der Waals surface area contributed by atoms with Crippen molar-refractivity contribution in [2.24, 2.45) is 0 Å². The van der Waals surface area contributed by atoms with Gasteiger partial charge in [-0.05, 0) is 29.8 Å². The fourth-order valence-electron chi connectivity index (χ4n) is 3.55. The van der Waals surface area contributed by atoms with Crippen LogP contribution in [0.3, 0.4) is 0 Å². The Labute approximate surface area is 175 Å². The summed E-state index contributed by atoms with van der Waals surface area (Å²) in [4.78, 5) is 17.8. The number of piperazine rings is 1. The van der Waals surface area contributed by atoms with E-state index in [-0.39, 0.29) is 11.9 Å². The van der Waals surface area contributed by atoms with E-state index in [0.29, 0.717) is 5.75 Å². The fraction of sp³-hybridized carbons (Fsp3) is 0.409. The van der Waals surface area contributed by atoms with Crippen LogP contribution >= 0.6 is 0 Å². The fourth-order valence-corrected chi connectivity index (χ4v) is 4.07. The largest absolute Gasteiger partial charge is 0.497 e. The third-order valence-electron chi connectivity index (χ3n) is 5.19. The van der Waals surface area contributed by atoms with Crippen molar-refractivity contribution in [2.75, 3.05) is 57.2 Å². The number of hydrogen-bond acceptors (Lipinski definition) is 5. The van der Waals surface area contributed by atoms with E-state index in [1.165, 1.54) is 0 Å². The molecule has 2 atom stereocenters. The average Bonchev–Trinajstić information content (AvgIpc) is 2.74. The molecule has 0 saturated carbocycles. The van der Waals surface area contributed by atoms with Gasteiger partial charge in [0.15, 0.2) is 0 Å². The van der Waals surface area contributed by atoms with Gasteiger partial charge in [0.25, 0.3) is 0 Å². The van der Waals surface area contributed by atoms with Crippen molar-refractivity contribution < 1.29 is 13.7 Å². The second-order valence-electron chi connectivity index (χ2n) is 7.19. The van der Waals surface area contributed by atoms with Crippen LogP contribution in [0.4, 0.5) is 5.69 Å². The Kier molecular flexibility index (Phi) is 7.80. The summed E-state index contributed by atoms with van der Waals surface area (Å²) in [7, 11) is 0.847. The van der Waals surface area contributed by atoms with Gasteiger partial charge in [0.05, 0.1) is 7.11 Å².